The molecular weight excluding hydrogens is 253 g/mol. The zero-order valence-electron chi connectivity index (χ0n) is 10.6. The van der Waals surface area contributed by atoms with Gasteiger partial charge in [-0.25, -0.2) is 0 Å². The summed E-state index contributed by atoms with van der Waals surface area (Å²) in [5.74, 6) is 0.116. The van der Waals surface area contributed by atoms with Crippen LogP contribution in [0.2, 0.25) is 10.0 Å². The van der Waals surface area contributed by atoms with Crippen LogP contribution in [0.25, 0.3) is 0 Å². The maximum Gasteiger partial charge on any atom is 0.0595 e. The minimum Gasteiger partial charge on any atom is -0.330 e. The average molecular weight is 272 g/mol. The fourth-order valence-electron chi connectivity index (χ4n) is 1.73. The van der Waals surface area contributed by atoms with Crippen molar-refractivity contribution in [3.8, 4) is 0 Å². The van der Waals surface area contributed by atoms with Gasteiger partial charge in [0.05, 0.1) is 10.0 Å². The Hall–Kier alpha value is -0.500. The first-order valence-corrected chi connectivity index (χ1v) is 6.37. The Balaban J connectivity index is 3.10. The lowest BCUT2D eigenvalue weighted by Crippen LogP contribution is -2.22. The summed E-state index contributed by atoms with van der Waals surface area (Å²) in [6, 6.07) is 5.64. The van der Waals surface area contributed by atoms with Gasteiger partial charge in [-0.2, -0.15) is 0 Å². The van der Waals surface area contributed by atoms with Gasteiger partial charge in [-0.1, -0.05) is 62.2 Å². The molecule has 1 rings (SSSR count). The second-order valence-corrected chi connectivity index (χ2v) is 6.05. The molecule has 0 aliphatic heterocycles. The van der Waals surface area contributed by atoms with Gasteiger partial charge in [-0.05, 0) is 23.1 Å². The molecule has 0 aliphatic rings. The van der Waals surface area contributed by atoms with Crippen molar-refractivity contribution < 1.29 is 0 Å². The van der Waals surface area contributed by atoms with E-state index in [-0.39, 0.29) is 11.3 Å². The van der Waals surface area contributed by atoms with Crippen molar-refractivity contribution in [1.29, 1.82) is 0 Å². The number of nitrogens with two attached hydrogens (primary N) is 1. The molecule has 0 saturated heterocycles. The predicted octanol–water partition coefficient (Wildman–Crippen LogP) is 4.64. The van der Waals surface area contributed by atoms with Gasteiger partial charge in [0, 0.05) is 12.5 Å². The molecule has 0 spiro atoms. The third-order valence-electron chi connectivity index (χ3n) is 2.97. The smallest absolute Gasteiger partial charge is 0.0595 e. The Bertz CT molecular complexity index is 419. The molecule has 94 valence electrons. The molecule has 0 heterocycles. The van der Waals surface area contributed by atoms with E-state index in [0.29, 0.717) is 16.6 Å². The first-order chi connectivity index (χ1) is 7.77. The minimum atomic E-state index is 0.0240. The van der Waals surface area contributed by atoms with Crippen molar-refractivity contribution in [2.75, 3.05) is 6.54 Å². The monoisotopic (exact) mass is 271 g/mol. The molecular formula is C14H19Cl2N. The summed E-state index contributed by atoms with van der Waals surface area (Å²) in [7, 11) is 0. The lowest BCUT2D eigenvalue weighted by atomic mass is 9.77. The molecule has 3 heteroatoms. The van der Waals surface area contributed by atoms with Crippen LogP contribution in [0.15, 0.2) is 30.4 Å². The van der Waals surface area contributed by atoms with E-state index in [0.717, 1.165) is 11.1 Å². The highest BCUT2D eigenvalue weighted by Gasteiger charge is 2.24. The molecule has 0 amide bonds. The average Bonchev–Trinajstić information content (AvgIpc) is 2.23. The second-order valence-electron chi connectivity index (χ2n) is 5.24. The summed E-state index contributed by atoms with van der Waals surface area (Å²) < 4.78 is 0. The molecule has 1 nitrogen and oxygen atoms in total. The van der Waals surface area contributed by atoms with Crippen molar-refractivity contribution in [3.05, 3.63) is 46.0 Å². The number of rotatable bonds is 3. The molecule has 2 N–H and O–H groups in total. The highest BCUT2D eigenvalue weighted by molar-refractivity contribution is 6.42. The van der Waals surface area contributed by atoms with E-state index in [1.54, 1.807) is 6.07 Å². The first-order valence-electron chi connectivity index (χ1n) is 5.61. The zero-order chi connectivity index (χ0) is 13.2. The van der Waals surface area contributed by atoms with Gasteiger partial charge < -0.3 is 5.73 Å². The number of halogens is 2. The third kappa shape index (κ3) is 3.48. The topological polar surface area (TPSA) is 26.0 Å². The molecule has 0 fully saturated rings. The number of hydrogen-bond donors (Lipinski definition) is 1. The Kier molecular flexibility index (Phi) is 4.65. The molecule has 0 radical (unpaired) electrons. The van der Waals surface area contributed by atoms with E-state index in [4.69, 9.17) is 28.9 Å². The Morgan fingerprint density at radius 1 is 1.29 bits per heavy atom. The summed E-state index contributed by atoms with van der Waals surface area (Å²) in [5.41, 5.74) is 8.06. The van der Waals surface area contributed by atoms with Crippen LogP contribution < -0.4 is 5.73 Å². The second kappa shape index (κ2) is 5.43. The fourth-order valence-corrected chi connectivity index (χ4v) is 2.04. The Labute approximate surface area is 114 Å². The van der Waals surface area contributed by atoms with Gasteiger partial charge in [0.15, 0.2) is 0 Å². The zero-order valence-corrected chi connectivity index (χ0v) is 12.1. The SMILES string of the molecule is C=C(C(CN)c1ccc(Cl)c(Cl)c1)C(C)(C)C. The lowest BCUT2D eigenvalue weighted by molar-refractivity contribution is 0.466. The van der Waals surface area contributed by atoms with E-state index in [9.17, 15) is 0 Å². The molecule has 17 heavy (non-hydrogen) atoms. The van der Waals surface area contributed by atoms with E-state index in [2.05, 4.69) is 27.4 Å². The number of benzene rings is 1. The van der Waals surface area contributed by atoms with Crippen molar-refractivity contribution in [2.45, 2.75) is 26.7 Å². The Morgan fingerprint density at radius 2 is 1.88 bits per heavy atom. The minimum absolute atomic E-state index is 0.0240. The normalized spacial score (nSPS) is 13.5. The van der Waals surface area contributed by atoms with Crippen molar-refractivity contribution >= 4 is 23.2 Å². The highest BCUT2D eigenvalue weighted by atomic mass is 35.5. The standard InChI is InChI=1S/C14H19Cl2N/c1-9(14(2,3)4)11(8-17)10-5-6-12(15)13(16)7-10/h5-7,11H,1,8,17H2,2-4H3. The van der Waals surface area contributed by atoms with Crippen LogP contribution in [0.1, 0.15) is 32.3 Å². The fraction of sp³-hybridized carbons (Fsp3) is 0.429. The van der Waals surface area contributed by atoms with Gasteiger partial charge in [0.25, 0.3) is 0 Å². The third-order valence-corrected chi connectivity index (χ3v) is 3.70. The van der Waals surface area contributed by atoms with Crippen molar-refractivity contribution in [1.82, 2.24) is 0 Å². The van der Waals surface area contributed by atoms with Crippen LogP contribution in [0, 0.1) is 5.41 Å². The largest absolute Gasteiger partial charge is 0.330 e. The lowest BCUT2D eigenvalue weighted by Gasteiger charge is -2.29. The maximum atomic E-state index is 6.03. The van der Waals surface area contributed by atoms with Crippen molar-refractivity contribution in [3.63, 3.8) is 0 Å². The summed E-state index contributed by atoms with van der Waals surface area (Å²) in [6.07, 6.45) is 0. The molecule has 0 bridgehead atoms. The van der Waals surface area contributed by atoms with Crippen LogP contribution >= 0.6 is 23.2 Å². The van der Waals surface area contributed by atoms with E-state index < -0.39 is 0 Å². The summed E-state index contributed by atoms with van der Waals surface area (Å²) in [4.78, 5) is 0. The van der Waals surface area contributed by atoms with E-state index in [1.165, 1.54) is 0 Å². The molecule has 1 aromatic carbocycles. The summed E-state index contributed by atoms with van der Waals surface area (Å²) in [5, 5.41) is 1.12. The van der Waals surface area contributed by atoms with Gasteiger partial charge >= 0.3 is 0 Å². The molecule has 0 aromatic heterocycles. The van der Waals surface area contributed by atoms with Crippen molar-refractivity contribution in [2.24, 2.45) is 11.1 Å². The summed E-state index contributed by atoms with van der Waals surface area (Å²) >= 11 is 11.9. The molecule has 1 atom stereocenters. The van der Waals surface area contributed by atoms with Gasteiger partial charge in [-0.3, -0.25) is 0 Å². The highest BCUT2D eigenvalue weighted by Crippen LogP contribution is 2.37. The van der Waals surface area contributed by atoms with Crippen LogP contribution in [0.5, 0.6) is 0 Å². The molecule has 0 aliphatic carbocycles. The van der Waals surface area contributed by atoms with Gasteiger partial charge in [0.1, 0.15) is 0 Å². The predicted molar refractivity (Wildman–Crippen MR) is 76.9 cm³/mol. The quantitative estimate of drug-likeness (QED) is 0.797. The van der Waals surface area contributed by atoms with Crippen LogP contribution in [0.4, 0.5) is 0 Å². The first kappa shape index (κ1) is 14.6. The number of hydrogen-bond acceptors (Lipinski definition) is 1. The van der Waals surface area contributed by atoms with Gasteiger partial charge in [-0.15, -0.1) is 0 Å². The van der Waals surface area contributed by atoms with Crippen LogP contribution in [0.3, 0.4) is 0 Å². The Morgan fingerprint density at radius 3 is 2.29 bits per heavy atom. The van der Waals surface area contributed by atoms with Crippen LogP contribution in [-0.4, -0.2) is 6.54 Å². The summed E-state index contributed by atoms with van der Waals surface area (Å²) in [6.45, 7) is 11.1. The maximum absolute atomic E-state index is 6.03. The molecule has 1 unspecified atom stereocenters. The van der Waals surface area contributed by atoms with E-state index >= 15 is 0 Å². The van der Waals surface area contributed by atoms with Gasteiger partial charge in [0.2, 0.25) is 0 Å². The van der Waals surface area contributed by atoms with Crippen LogP contribution in [-0.2, 0) is 0 Å². The molecule has 1 aromatic rings. The molecule has 0 saturated carbocycles. The van der Waals surface area contributed by atoms with E-state index in [1.807, 2.05) is 12.1 Å².